The number of aromatic nitrogens is 3. The van der Waals surface area contributed by atoms with Crippen molar-refractivity contribution in [1.82, 2.24) is 15.0 Å². The fraction of sp³-hybridized carbons (Fsp3) is 0.444. The topological polar surface area (TPSA) is 89.8 Å². The van der Waals surface area contributed by atoms with E-state index in [2.05, 4.69) is 35.3 Å². The summed E-state index contributed by atoms with van der Waals surface area (Å²) in [6.45, 7) is 3.93. The Morgan fingerprint density at radius 2 is 1.54 bits per heavy atom. The van der Waals surface area contributed by atoms with Crippen molar-refractivity contribution in [3.63, 3.8) is 0 Å². The van der Waals surface area contributed by atoms with Gasteiger partial charge >= 0.3 is 0 Å². The van der Waals surface area contributed by atoms with E-state index in [4.69, 9.17) is 0 Å². The highest BCUT2D eigenvalue weighted by Crippen LogP contribution is 2.22. The summed E-state index contributed by atoms with van der Waals surface area (Å²) in [5.74, 6) is 2.09. The van der Waals surface area contributed by atoms with Gasteiger partial charge in [0, 0.05) is 26.2 Å². The van der Waals surface area contributed by atoms with E-state index in [0.29, 0.717) is 5.95 Å². The van der Waals surface area contributed by atoms with Crippen LogP contribution in [0.5, 0.6) is 5.75 Å². The molecule has 8 heteroatoms. The molecule has 26 heavy (non-hydrogen) atoms. The van der Waals surface area contributed by atoms with Gasteiger partial charge in [-0.3, -0.25) is 0 Å². The summed E-state index contributed by atoms with van der Waals surface area (Å²) in [6.07, 6.45) is 6.31. The van der Waals surface area contributed by atoms with Gasteiger partial charge in [0.2, 0.25) is 17.8 Å². The third-order valence-corrected chi connectivity index (χ3v) is 4.64. The maximum Gasteiger partial charge on any atom is 0.250 e. The molecule has 1 aromatic heterocycles. The largest absolute Gasteiger partial charge is 0.508 e. The first kappa shape index (κ1) is 16.6. The standard InChI is InChI=1S/C18H23N7O/c26-15-7-5-6-14(12-15)13-19-23-16-20-17(24-8-1-2-9-24)22-18(21-16)25-10-3-4-11-25/h5-7,12-13,26H,1-4,8-11H2,(H,20,21,22,23). The predicted octanol–water partition coefficient (Wildman–Crippen LogP) is 2.22. The van der Waals surface area contributed by atoms with Gasteiger partial charge < -0.3 is 14.9 Å². The Balaban J connectivity index is 1.55. The van der Waals surface area contributed by atoms with Crippen LogP contribution < -0.4 is 15.2 Å². The van der Waals surface area contributed by atoms with Crippen LogP contribution in [0.2, 0.25) is 0 Å². The summed E-state index contributed by atoms with van der Waals surface area (Å²) in [6, 6.07) is 6.91. The van der Waals surface area contributed by atoms with Gasteiger partial charge in [-0.1, -0.05) is 12.1 Å². The smallest absolute Gasteiger partial charge is 0.250 e. The van der Waals surface area contributed by atoms with Gasteiger partial charge in [-0.15, -0.1) is 0 Å². The van der Waals surface area contributed by atoms with E-state index in [1.165, 1.54) is 25.7 Å². The van der Waals surface area contributed by atoms with Crippen molar-refractivity contribution in [1.29, 1.82) is 0 Å². The summed E-state index contributed by atoms with van der Waals surface area (Å²) in [5.41, 5.74) is 3.71. The summed E-state index contributed by atoms with van der Waals surface area (Å²) < 4.78 is 0. The number of benzene rings is 1. The van der Waals surface area contributed by atoms with Crippen molar-refractivity contribution in [2.24, 2.45) is 5.10 Å². The van der Waals surface area contributed by atoms with Gasteiger partial charge in [0.1, 0.15) is 5.75 Å². The lowest BCUT2D eigenvalue weighted by atomic mass is 10.2. The Hall–Kier alpha value is -2.90. The summed E-state index contributed by atoms with van der Waals surface area (Å²) >= 11 is 0. The second-order valence-electron chi connectivity index (χ2n) is 6.61. The van der Waals surface area contributed by atoms with Crippen molar-refractivity contribution in [3.05, 3.63) is 29.8 Å². The molecule has 2 aliphatic heterocycles. The zero-order valence-electron chi connectivity index (χ0n) is 14.7. The molecule has 0 saturated carbocycles. The molecule has 2 aromatic rings. The van der Waals surface area contributed by atoms with Crippen LogP contribution in [0.1, 0.15) is 31.2 Å². The molecule has 4 rings (SSSR count). The minimum Gasteiger partial charge on any atom is -0.508 e. The molecule has 2 aliphatic rings. The number of hydrazone groups is 1. The molecule has 0 bridgehead atoms. The van der Waals surface area contributed by atoms with E-state index in [0.717, 1.165) is 43.6 Å². The Morgan fingerprint density at radius 3 is 2.12 bits per heavy atom. The van der Waals surface area contributed by atoms with Crippen LogP contribution in [0.4, 0.5) is 17.8 Å². The van der Waals surface area contributed by atoms with E-state index in [1.54, 1.807) is 24.4 Å². The fourth-order valence-electron chi connectivity index (χ4n) is 3.29. The van der Waals surface area contributed by atoms with Crippen LogP contribution >= 0.6 is 0 Å². The van der Waals surface area contributed by atoms with Gasteiger partial charge in [0.15, 0.2) is 0 Å². The molecule has 2 saturated heterocycles. The lowest BCUT2D eigenvalue weighted by Crippen LogP contribution is -2.25. The average Bonchev–Trinajstić information content (AvgIpc) is 3.36. The minimum atomic E-state index is 0.210. The van der Waals surface area contributed by atoms with Crippen molar-refractivity contribution in [3.8, 4) is 5.75 Å². The number of rotatable bonds is 5. The van der Waals surface area contributed by atoms with Crippen molar-refractivity contribution < 1.29 is 5.11 Å². The van der Waals surface area contributed by atoms with Gasteiger partial charge in [0.25, 0.3) is 0 Å². The van der Waals surface area contributed by atoms with Crippen molar-refractivity contribution >= 4 is 24.1 Å². The minimum absolute atomic E-state index is 0.210. The second kappa shape index (κ2) is 7.55. The molecule has 0 radical (unpaired) electrons. The Labute approximate surface area is 152 Å². The Kier molecular flexibility index (Phi) is 4.81. The first-order chi connectivity index (χ1) is 12.8. The summed E-state index contributed by atoms with van der Waals surface area (Å²) in [4.78, 5) is 18.2. The normalized spacial score (nSPS) is 17.4. The molecule has 0 amide bonds. The number of aromatic hydroxyl groups is 1. The molecular weight excluding hydrogens is 330 g/mol. The first-order valence-electron chi connectivity index (χ1n) is 9.12. The molecule has 1 aromatic carbocycles. The van der Waals surface area contributed by atoms with E-state index >= 15 is 0 Å². The lowest BCUT2D eigenvalue weighted by molar-refractivity contribution is 0.475. The van der Waals surface area contributed by atoms with Crippen LogP contribution in [0.15, 0.2) is 29.4 Å². The molecule has 0 atom stereocenters. The van der Waals surface area contributed by atoms with Gasteiger partial charge in [-0.25, -0.2) is 5.43 Å². The quantitative estimate of drug-likeness (QED) is 0.629. The number of hydrogen-bond acceptors (Lipinski definition) is 8. The number of nitrogens with one attached hydrogen (secondary N) is 1. The highest BCUT2D eigenvalue weighted by Gasteiger charge is 2.21. The van der Waals surface area contributed by atoms with E-state index in [1.807, 2.05) is 6.07 Å². The number of phenols is 1. The zero-order chi connectivity index (χ0) is 17.8. The van der Waals surface area contributed by atoms with Crippen LogP contribution in [0, 0.1) is 0 Å². The Morgan fingerprint density at radius 1 is 0.923 bits per heavy atom. The van der Waals surface area contributed by atoms with E-state index in [9.17, 15) is 5.11 Å². The second-order valence-corrected chi connectivity index (χ2v) is 6.61. The fourth-order valence-corrected chi connectivity index (χ4v) is 3.29. The van der Waals surface area contributed by atoms with Crippen molar-refractivity contribution in [2.75, 3.05) is 41.4 Å². The van der Waals surface area contributed by atoms with Gasteiger partial charge in [0.05, 0.1) is 6.21 Å². The summed E-state index contributed by atoms with van der Waals surface area (Å²) in [5, 5.41) is 13.7. The zero-order valence-corrected chi connectivity index (χ0v) is 14.7. The first-order valence-corrected chi connectivity index (χ1v) is 9.12. The van der Waals surface area contributed by atoms with E-state index in [-0.39, 0.29) is 5.75 Å². The van der Waals surface area contributed by atoms with Crippen LogP contribution in [-0.2, 0) is 0 Å². The number of hydrogen-bond donors (Lipinski definition) is 2. The van der Waals surface area contributed by atoms with Crippen LogP contribution in [0.25, 0.3) is 0 Å². The monoisotopic (exact) mass is 353 g/mol. The van der Waals surface area contributed by atoms with Gasteiger partial charge in [-0.05, 0) is 43.4 Å². The number of nitrogens with zero attached hydrogens (tertiary/aromatic N) is 6. The molecule has 2 fully saturated rings. The molecule has 3 heterocycles. The van der Waals surface area contributed by atoms with Crippen LogP contribution in [0.3, 0.4) is 0 Å². The SMILES string of the molecule is Oc1cccc(C=NNc2nc(N3CCCC3)nc(N3CCCC3)n2)c1. The maximum absolute atomic E-state index is 9.52. The van der Waals surface area contributed by atoms with Crippen LogP contribution in [-0.4, -0.2) is 52.5 Å². The molecular formula is C18H23N7O. The molecule has 136 valence electrons. The highest BCUT2D eigenvalue weighted by atomic mass is 16.3. The average molecular weight is 353 g/mol. The molecule has 8 nitrogen and oxygen atoms in total. The van der Waals surface area contributed by atoms with Crippen molar-refractivity contribution in [2.45, 2.75) is 25.7 Å². The number of anilines is 3. The molecule has 0 unspecified atom stereocenters. The number of phenolic OH excluding ortho intramolecular Hbond substituents is 1. The van der Waals surface area contributed by atoms with E-state index < -0.39 is 0 Å². The predicted molar refractivity (Wildman–Crippen MR) is 102 cm³/mol. The lowest BCUT2D eigenvalue weighted by Gasteiger charge is -2.20. The maximum atomic E-state index is 9.52. The highest BCUT2D eigenvalue weighted by molar-refractivity contribution is 5.80. The summed E-state index contributed by atoms with van der Waals surface area (Å²) in [7, 11) is 0. The third kappa shape index (κ3) is 3.84. The third-order valence-electron chi connectivity index (χ3n) is 4.64. The van der Waals surface area contributed by atoms with Gasteiger partial charge in [-0.2, -0.15) is 20.1 Å². The molecule has 2 N–H and O–H groups in total. The molecule has 0 aliphatic carbocycles. The molecule has 0 spiro atoms. The Bertz CT molecular complexity index is 749.